The molecule has 0 saturated heterocycles. The number of aryl methyl sites for hydroxylation is 1. The number of rotatable bonds is 8. The fourth-order valence-corrected chi connectivity index (χ4v) is 4.04. The smallest absolute Gasteiger partial charge is 0.240 e. The highest BCUT2D eigenvalue weighted by Gasteiger charge is 2.14. The molecule has 8 heteroatoms. The van der Waals surface area contributed by atoms with Gasteiger partial charge < -0.3 is 11.1 Å². The van der Waals surface area contributed by atoms with Gasteiger partial charge in [-0.25, -0.2) is 22.5 Å². The van der Waals surface area contributed by atoms with Crippen molar-refractivity contribution < 1.29 is 12.8 Å². The molecular formula is C23H25FN4O2S. The Bertz CT molecular complexity index is 1180. The zero-order valence-electron chi connectivity index (χ0n) is 17.2. The Morgan fingerprint density at radius 3 is 2.45 bits per heavy atom. The molecule has 31 heavy (non-hydrogen) atoms. The van der Waals surface area contributed by atoms with Gasteiger partial charge in [-0.15, -0.1) is 0 Å². The first-order valence-electron chi connectivity index (χ1n) is 9.84. The summed E-state index contributed by atoms with van der Waals surface area (Å²) in [4.78, 5) is 4.41. The molecule has 162 valence electrons. The van der Waals surface area contributed by atoms with Crippen molar-refractivity contribution in [3.05, 3.63) is 95.3 Å². The van der Waals surface area contributed by atoms with Gasteiger partial charge in [0.15, 0.2) is 5.96 Å². The molecule has 0 atom stereocenters. The number of halogens is 1. The normalized spacial score (nSPS) is 12.0. The minimum atomic E-state index is -3.76. The number of anilines is 1. The molecule has 3 rings (SSSR count). The van der Waals surface area contributed by atoms with Gasteiger partial charge in [-0.1, -0.05) is 43.3 Å². The van der Waals surface area contributed by atoms with Crippen molar-refractivity contribution in [2.75, 3.05) is 5.32 Å². The monoisotopic (exact) mass is 440 g/mol. The number of nitrogens with two attached hydrogens (primary N) is 1. The molecule has 4 N–H and O–H groups in total. The predicted molar refractivity (Wildman–Crippen MR) is 122 cm³/mol. The van der Waals surface area contributed by atoms with E-state index in [4.69, 9.17) is 5.73 Å². The Morgan fingerprint density at radius 1 is 0.968 bits per heavy atom. The Morgan fingerprint density at radius 2 is 1.68 bits per heavy atom. The number of sulfonamides is 1. The van der Waals surface area contributed by atoms with Crippen LogP contribution in [0.3, 0.4) is 0 Å². The number of nitrogens with zero attached hydrogens (tertiary/aromatic N) is 1. The predicted octanol–water partition coefficient (Wildman–Crippen LogP) is 3.79. The molecule has 0 saturated carbocycles. The number of hydrogen-bond donors (Lipinski definition) is 3. The highest BCUT2D eigenvalue weighted by Crippen LogP contribution is 2.14. The second-order valence-electron chi connectivity index (χ2n) is 6.98. The Kier molecular flexibility index (Phi) is 7.38. The van der Waals surface area contributed by atoms with Gasteiger partial charge in [0.1, 0.15) is 5.82 Å². The van der Waals surface area contributed by atoms with Gasteiger partial charge in [-0.2, -0.15) is 0 Å². The molecule has 0 aromatic heterocycles. The SMILES string of the molecule is CCc1cccc(NC(N)=NCc2cccc(S(=O)(=O)NCc3cccc(F)c3)c2)c1. The average Bonchev–Trinajstić information content (AvgIpc) is 2.77. The number of aliphatic imine (C=N–C) groups is 1. The van der Waals surface area contributed by atoms with E-state index in [-0.39, 0.29) is 23.9 Å². The maximum absolute atomic E-state index is 13.3. The molecule has 0 unspecified atom stereocenters. The minimum Gasteiger partial charge on any atom is -0.370 e. The lowest BCUT2D eigenvalue weighted by atomic mass is 10.1. The van der Waals surface area contributed by atoms with Gasteiger partial charge in [0.25, 0.3) is 0 Å². The van der Waals surface area contributed by atoms with E-state index in [1.54, 1.807) is 24.3 Å². The third-order valence-corrected chi connectivity index (χ3v) is 6.00. The van der Waals surface area contributed by atoms with E-state index in [0.29, 0.717) is 11.1 Å². The molecule has 0 aliphatic rings. The fraction of sp³-hybridized carbons (Fsp3) is 0.174. The van der Waals surface area contributed by atoms with Gasteiger partial charge in [-0.05, 0) is 59.5 Å². The van der Waals surface area contributed by atoms with Crippen molar-refractivity contribution in [1.82, 2.24) is 4.72 Å². The molecule has 0 spiro atoms. The maximum atomic E-state index is 13.3. The van der Waals surface area contributed by atoms with E-state index in [1.807, 2.05) is 24.3 Å². The van der Waals surface area contributed by atoms with Gasteiger partial charge >= 0.3 is 0 Å². The lowest BCUT2D eigenvalue weighted by molar-refractivity contribution is 0.580. The van der Waals surface area contributed by atoms with Crippen LogP contribution in [-0.2, 0) is 29.5 Å². The van der Waals surface area contributed by atoms with E-state index in [0.717, 1.165) is 12.1 Å². The minimum absolute atomic E-state index is 0.00380. The lowest BCUT2D eigenvalue weighted by Gasteiger charge is -2.09. The first-order valence-corrected chi connectivity index (χ1v) is 11.3. The number of nitrogens with one attached hydrogen (secondary N) is 2. The second kappa shape index (κ2) is 10.2. The van der Waals surface area contributed by atoms with Gasteiger partial charge in [0.2, 0.25) is 10.0 Å². The van der Waals surface area contributed by atoms with Crippen LogP contribution < -0.4 is 15.8 Å². The van der Waals surface area contributed by atoms with E-state index < -0.39 is 15.8 Å². The van der Waals surface area contributed by atoms with Crippen molar-refractivity contribution in [2.24, 2.45) is 10.7 Å². The lowest BCUT2D eigenvalue weighted by Crippen LogP contribution is -2.23. The van der Waals surface area contributed by atoms with E-state index in [1.165, 1.54) is 29.8 Å². The summed E-state index contributed by atoms with van der Waals surface area (Å²) in [5.41, 5.74) is 9.23. The molecule has 0 aliphatic carbocycles. The summed E-state index contributed by atoms with van der Waals surface area (Å²) in [6, 6.07) is 20.1. The summed E-state index contributed by atoms with van der Waals surface area (Å²) < 4.78 is 41.0. The standard InChI is InChI=1S/C23H25FN4O2S/c1-2-17-6-4-10-21(13-17)28-23(25)26-15-19-8-5-11-22(14-19)31(29,30)27-16-18-7-3-9-20(24)12-18/h3-14,27H,2,15-16H2,1H3,(H3,25,26,28). The van der Waals surface area contributed by atoms with Crippen molar-refractivity contribution in [3.63, 3.8) is 0 Å². The van der Waals surface area contributed by atoms with Gasteiger partial charge in [0.05, 0.1) is 11.4 Å². The molecule has 0 heterocycles. The average molecular weight is 441 g/mol. The highest BCUT2D eigenvalue weighted by molar-refractivity contribution is 7.89. The molecule has 3 aromatic rings. The third-order valence-electron chi connectivity index (χ3n) is 4.60. The van der Waals surface area contributed by atoms with E-state index in [2.05, 4.69) is 22.0 Å². The Hall–Kier alpha value is -3.23. The zero-order chi connectivity index (χ0) is 22.3. The third kappa shape index (κ3) is 6.63. The van der Waals surface area contributed by atoms with Crippen molar-refractivity contribution in [3.8, 4) is 0 Å². The van der Waals surface area contributed by atoms with Crippen LogP contribution in [0.2, 0.25) is 0 Å². The van der Waals surface area contributed by atoms with Crippen LogP contribution in [0.1, 0.15) is 23.6 Å². The van der Waals surface area contributed by atoms with Gasteiger partial charge in [-0.3, -0.25) is 0 Å². The molecule has 0 aliphatic heterocycles. The van der Waals surface area contributed by atoms with Crippen molar-refractivity contribution in [1.29, 1.82) is 0 Å². The largest absolute Gasteiger partial charge is 0.370 e. The van der Waals surface area contributed by atoms with Crippen LogP contribution in [0.15, 0.2) is 82.7 Å². The van der Waals surface area contributed by atoms with E-state index in [9.17, 15) is 12.8 Å². The number of benzene rings is 3. The molecule has 3 aromatic carbocycles. The van der Waals surface area contributed by atoms with Crippen LogP contribution in [-0.4, -0.2) is 14.4 Å². The summed E-state index contributed by atoms with van der Waals surface area (Å²) in [6.07, 6.45) is 0.918. The summed E-state index contributed by atoms with van der Waals surface area (Å²) in [5.74, 6) is -0.171. The summed E-state index contributed by atoms with van der Waals surface area (Å²) in [7, 11) is -3.76. The first kappa shape index (κ1) is 22.5. The molecule has 0 amide bonds. The van der Waals surface area contributed by atoms with Crippen molar-refractivity contribution >= 4 is 21.7 Å². The van der Waals surface area contributed by atoms with Crippen LogP contribution >= 0.6 is 0 Å². The Labute approximate surface area is 182 Å². The van der Waals surface area contributed by atoms with Crippen LogP contribution in [0.5, 0.6) is 0 Å². The van der Waals surface area contributed by atoms with Crippen molar-refractivity contribution in [2.45, 2.75) is 31.3 Å². The van der Waals surface area contributed by atoms with E-state index >= 15 is 0 Å². The summed E-state index contributed by atoms with van der Waals surface area (Å²) in [6.45, 7) is 2.29. The molecular weight excluding hydrogens is 415 g/mol. The molecule has 0 fully saturated rings. The first-order chi connectivity index (χ1) is 14.9. The topological polar surface area (TPSA) is 96.6 Å². The van der Waals surface area contributed by atoms with Crippen LogP contribution in [0.4, 0.5) is 10.1 Å². The van der Waals surface area contributed by atoms with Crippen LogP contribution in [0, 0.1) is 5.82 Å². The molecule has 0 bridgehead atoms. The number of guanidine groups is 1. The molecule has 0 radical (unpaired) electrons. The second-order valence-corrected chi connectivity index (χ2v) is 8.75. The summed E-state index contributed by atoms with van der Waals surface area (Å²) in [5, 5.41) is 3.04. The highest BCUT2D eigenvalue weighted by atomic mass is 32.2. The Balaban J connectivity index is 1.65. The quantitative estimate of drug-likeness (QED) is 0.367. The number of hydrogen-bond acceptors (Lipinski definition) is 3. The van der Waals surface area contributed by atoms with Crippen LogP contribution in [0.25, 0.3) is 0 Å². The zero-order valence-corrected chi connectivity index (χ0v) is 18.0. The van der Waals surface area contributed by atoms with Gasteiger partial charge in [0, 0.05) is 12.2 Å². The summed E-state index contributed by atoms with van der Waals surface area (Å²) >= 11 is 0. The molecule has 6 nitrogen and oxygen atoms in total. The maximum Gasteiger partial charge on any atom is 0.240 e. The fourth-order valence-electron chi connectivity index (χ4n) is 2.95.